The van der Waals surface area contributed by atoms with Crippen molar-refractivity contribution in [3.63, 3.8) is 0 Å². The molecule has 48 heavy (non-hydrogen) atoms. The van der Waals surface area contributed by atoms with E-state index in [4.69, 9.17) is 19.7 Å². The molecule has 1 aliphatic heterocycles. The number of phenols is 3. The van der Waals surface area contributed by atoms with Gasteiger partial charge in [-0.15, -0.1) is 6.58 Å². The maximum absolute atomic E-state index is 13.6. The first-order chi connectivity index (χ1) is 22.2. The van der Waals surface area contributed by atoms with Gasteiger partial charge in [0.1, 0.15) is 22.8 Å². The lowest BCUT2D eigenvalue weighted by Gasteiger charge is -2.71. The van der Waals surface area contributed by atoms with Crippen molar-refractivity contribution in [2.75, 3.05) is 0 Å². The van der Waals surface area contributed by atoms with Gasteiger partial charge in [-0.3, -0.25) is 14.4 Å². The van der Waals surface area contributed by atoms with Gasteiger partial charge in [0, 0.05) is 30.7 Å². The molecule has 6 N–H and O–H groups in total. The Kier molecular flexibility index (Phi) is 9.80. The summed E-state index contributed by atoms with van der Waals surface area (Å²) in [7, 11) is 0. The Bertz CT molecular complexity index is 1610. The number of carbonyl (C=O) groups is 3. The van der Waals surface area contributed by atoms with Crippen LogP contribution in [-0.4, -0.2) is 83.3 Å². The topological polar surface area (TPSA) is 191 Å². The number of aromatic hydroxyl groups is 3. The number of esters is 1. The second kappa shape index (κ2) is 12.8. The number of hydrogen-bond acceptors (Lipinski definition) is 11. The molecule has 3 fully saturated rings. The van der Waals surface area contributed by atoms with E-state index in [1.165, 1.54) is 50.3 Å². The number of Topliss-reactive ketones (excluding diaryl/α,β-unsaturated/α-hetero) is 1. The van der Waals surface area contributed by atoms with Gasteiger partial charge in [-0.2, -0.15) is 0 Å². The molecule has 8 atom stereocenters. The lowest BCUT2D eigenvalue weighted by Crippen LogP contribution is -2.86. The van der Waals surface area contributed by atoms with E-state index in [1.807, 2.05) is 13.8 Å². The number of allylic oxidation sites excluding steroid dienone is 1. The van der Waals surface area contributed by atoms with Crippen molar-refractivity contribution < 1.29 is 54.5 Å². The SMILES string of the molecule is C=C[C@@]1(C)CC(=O)[C@]2(O)[C@@]3(C)[C@@H](O)CCC(C)(C)[C@@H]3[C@H](O)[C@H](OC(C)=O)[C@@]2(C)O1.O=C(/C=C/c1ccc(O)cc1)c1ccc(O)cc1O. The molecule has 260 valence electrons. The summed E-state index contributed by atoms with van der Waals surface area (Å²) in [4.78, 5) is 37.3. The van der Waals surface area contributed by atoms with Gasteiger partial charge in [0.25, 0.3) is 0 Å². The number of phenolic OH excluding ortho intramolecular Hbond substituents is 3. The summed E-state index contributed by atoms with van der Waals surface area (Å²) in [6.45, 7) is 13.6. The summed E-state index contributed by atoms with van der Waals surface area (Å²) in [5.41, 5.74) is -6.13. The summed E-state index contributed by atoms with van der Waals surface area (Å²) in [5, 5.41) is 62.5. The number of aliphatic hydroxyl groups is 3. The van der Waals surface area contributed by atoms with Gasteiger partial charge in [-0.05, 0) is 68.0 Å². The molecule has 1 saturated heterocycles. The second-order valence-corrected chi connectivity index (χ2v) is 14.4. The normalized spacial score (nSPS) is 35.4. The summed E-state index contributed by atoms with van der Waals surface area (Å²) in [6, 6.07) is 10.2. The van der Waals surface area contributed by atoms with E-state index in [9.17, 15) is 34.8 Å². The first-order valence-electron chi connectivity index (χ1n) is 15.8. The number of hydrogen-bond donors (Lipinski definition) is 6. The molecular formula is C37H46O11. The van der Waals surface area contributed by atoms with Crippen LogP contribution in [0.2, 0.25) is 0 Å². The average Bonchev–Trinajstić information content (AvgIpc) is 2.99. The minimum absolute atomic E-state index is 0.100. The zero-order chi connectivity index (χ0) is 36.0. The van der Waals surface area contributed by atoms with Crippen LogP contribution in [0.5, 0.6) is 17.2 Å². The number of aliphatic hydroxyl groups excluding tert-OH is 2. The summed E-state index contributed by atoms with van der Waals surface area (Å²) in [6.07, 6.45) is 1.60. The van der Waals surface area contributed by atoms with Crippen LogP contribution in [0.3, 0.4) is 0 Å². The van der Waals surface area contributed by atoms with E-state index >= 15 is 0 Å². The third kappa shape index (κ3) is 6.04. The highest BCUT2D eigenvalue weighted by atomic mass is 16.6. The third-order valence-electron chi connectivity index (χ3n) is 10.6. The Hall–Kier alpha value is -4.03. The van der Waals surface area contributed by atoms with Crippen molar-refractivity contribution in [3.05, 3.63) is 72.3 Å². The van der Waals surface area contributed by atoms with Crippen molar-refractivity contribution in [1.29, 1.82) is 0 Å². The van der Waals surface area contributed by atoms with Gasteiger partial charge in [0.05, 0.1) is 23.4 Å². The molecule has 11 nitrogen and oxygen atoms in total. The molecule has 3 aliphatic rings. The smallest absolute Gasteiger partial charge is 0.303 e. The number of ketones is 2. The van der Waals surface area contributed by atoms with Gasteiger partial charge < -0.3 is 40.1 Å². The Morgan fingerprint density at radius 3 is 2.15 bits per heavy atom. The minimum Gasteiger partial charge on any atom is -0.508 e. The maximum Gasteiger partial charge on any atom is 0.303 e. The Balaban J connectivity index is 0.000000237. The average molecular weight is 667 g/mol. The summed E-state index contributed by atoms with van der Waals surface area (Å²) >= 11 is 0. The number of ether oxygens (including phenoxy) is 2. The third-order valence-corrected chi connectivity index (χ3v) is 10.6. The van der Waals surface area contributed by atoms with E-state index in [-0.39, 0.29) is 35.0 Å². The van der Waals surface area contributed by atoms with Crippen LogP contribution in [0.15, 0.2) is 61.2 Å². The number of rotatable bonds is 5. The predicted molar refractivity (Wildman–Crippen MR) is 176 cm³/mol. The van der Waals surface area contributed by atoms with Crippen molar-refractivity contribution >= 4 is 23.6 Å². The lowest BCUT2D eigenvalue weighted by atomic mass is 9.40. The fraction of sp³-hybridized carbons (Fsp3) is 0.486. The van der Waals surface area contributed by atoms with Crippen LogP contribution >= 0.6 is 0 Å². The highest BCUT2D eigenvalue weighted by molar-refractivity contribution is 6.08. The molecule has 1 heterocycles. The fourth-order valence-corrected chi connectivity index (χ4v) is 8.23. The molecule has 0 spiro atoms. The van der Waals surface area contributed by atoms with Gasteiger partial charge in [0.15, 0.2) is 23.3 Å². The molecule has 2 aromatic rings. The largest absolute Gasteiger partial charge is 0.508 e. The van der Waals surface area contributed by atoms with Crippen molar-refractivity contribution in [1.82, 2.24) is 0 Å². The van der Waals surface area contributed by atoms with Crippen LogP contribution in [0, 0.1) is 16.7 Å². The molecule has 5 rings (SSSR count). The Morgan fingerprint density at radius 1 is 0.979 bits per heavy atom. The van der Waals surface area contributed by atoms with E-state index in [1.54, 1.807) is 32.1 Å². The number of benzene rings is 2. The minimum atomic E-state index is -2.18. The van der Waals surface area contributed by atoms with E-state index in [2.05, 4.69) is 6.58 Å². The molecule has 0 amide bonds. The molecule has 0 radical (unpaired) electrons. The zero-order valence-electron chi connectivity index (χ0n) is 28.1. The highest BCUT2D eigenvalue weighted by Crippen LogP contribution is 2.67. The van der Waals surface area contributed by atoms with Crippen LogP contribution in [0.25, 0.3) is 6.08 Å². The van der Waals surface area contributed by atoms with E-state index in [0.29, 0.717) is 12.8 Å². The second-order valence-electron chi connectivity index (χ2n) is 14.4. The molecule has 0 aromatic heterocycles. The first kappa shape index (κ1) is 36.8. The van der Waals surface area contributed by atoms with Crippen LogP contribution in [-0.2, 0) is 19.1 Å². The van der Waals surface area contributed by atoms with Gasteiger partial charge >= 0.3 is 5.97 Å². The monoisotopic (exact) mass is 666 g/mol. The number of fused-ring (bicyclic) bond motifs is 3. The lowest BCUT2D eigenvalue weighted by molar-refractivity contribution is -0.370. The first-order valence-corrected chi connectivity index (χ1v) is 15.8. The van der Waals surface area contributed by atoms with Gasteiger partial charge in [-0.1, -0.05) is 45.1 Å². The quantitative estimate of drug-likeness (QED) is 0.116. The van der Waals surface area contributed by atoms with Crippen LogP contribution < -0.4 is 0 Å². The standard InChI is InChI=1S/C22H34O7.C15H12O4/c1-8-19(5)11-14(25)22(27)20(6)13(24)9-10-18(3,4)16(20)15(26)17(28-12(2)23)21(22,7)29-19;16-11-4-1-10(2-5-11)3-8-14(18)13-7-6-12(17)9-15(13)19/h8,13,15-17,24,26-27H,1,9-11H2,2-7H3;1-9,16-17,19H/b;8-3+/t13-,15-,16-,17-,19-,20-,21+,22-;/m0./s1. The summed E-state index contributed by atoms with van der Waals surface area (Å²) in [5.74, 6) is -2.46. The van der Waals surface area contributed by atoms with E-state index < -0.39 is 63.6 Å². The molecule has 2 aliphatic carbocycles. The van der Waals surface area contributed by atoms with Crippen molar-refractivity contribution in [2.45, 2.75) is 95.9 Å². The van der Waals surface area contributed by atoms with Crippen LogP contribution in [0.1, 0.15) is 76.7 Å². The van der Waals surface area contributed by atoms with E-state index in [0.717, 1.165) is 11.6 Å². The Labute approximate surface area is 280 Å². The van der Waals surface area contributed by atoms with Gasteiger partial charge in [0.2, 0.25) is 0 Å². The molecule has 11 heteroatoms. The van der Waals surface area contributed by atoms with Crippen LogP contribution in [0.4, 0.5) is 0 Å². The maximum atomic E-state index is 13.6. The zero-order valence-corrected chi connectivity index (χ0v) is 28.1. The molecule has 0 unspecified atom stereocenters. The predicted octanol–water partition coefficient (Wildman–Crippen LogP) is 4.22. The molecule has 2 aromatic carbocycles. The highest BCUT2D eigenvalue weighted by Gasteiger charge is 2.81. The van der Waals surface area contributed by atoms with Crippen molar-refractivity contribution in [3.8, 4) is 17.2 Å². The molecule has 2 saturated carbocycles. The fourth-order valence-electron chi connectivity index (χ4n) is 8.23. The summed E-state index contributed by atoms with van der Waals surface area (Å²) < 4.78 is 11.8. The molecular weight excluding hydrogens is 620 g/mol. The molecule has 0 bridgehead atoms. The van der Waals surface area contributed by atoms with Gasteiger partial charge in [-0.25, -0.2) is 0 Å². The van der Waals surface area contributed by atoms with Crippen molar-refractivity contribution in [2.24, 2.45) is 16.7 Å². The Morgan fingerprint density at radius 2 is 1.58 bits per heavy atom. The number of carbonyl (C=O) groups excluding carboxylic acids is 3.